The van der Waals surface area contributed by atoms with E-state index in [1.165, 1.54) is 7.11 Å². The first-order valence-electron chi connectivity index (χ1n) is 12.5. The van der Waals surface area contributed by atoms with E-state index in [1.54, 1.807) is 18.2 Å². The average molecular weight is 483 g/mol. The molecule has 4 nitrogen and oxygen atoms in total. The Kier molecular flexibility index (Phi) is 8.11. The van der Waals surface area contributed by atoms with Crippen LogP contribution < -0.4 is 0 Å². The Hall–Kier alpha value is -2.49. The summed E-state index contributed by atoms with van der Waals surface area (Å²) in [5, 5.41) is 21.9. The molecule has 0 aliphatic heterocycles. The van der Waals surface area contributed by atoms with Gasteiger partial charge in [-0.15, -0.1) is 0 Å². The minimum Gasteiger partial charge on any atom is -0.508 e. The Morgan fingerprint density at radius 3 is 1.60 bits per heavy atom. The van der Waals surface area contributed by atoms with E-state index in [0.29, 0.717) is 11.1 Å². The first-order chi connectivity index (χ1) is 15.8. The van der Waals surface area contributed by atoms with Gasteiger partial charge in [-0.1, -0.05) is 93.5 Å². The fourth-order valence-electron chi connectivity index (χ4n) is 5.81. The topological polar surface area (TPSA) is 66.8 Å². The molecule has 0 spiro atoms. The van der Waals surface area contributed by atoms with E-state index in [0.717, 1.165) is 24.0 Å². The van der Waals surface area contributed by atoms with Crippen LogP contribution in [-0.2, 0) is 20.4 Å². The molecule has 2 rings (SSSR count). The van der Waals surface area contributed by atoms with Gasteiger partial charge in [-0.2, -0.15) is 0 Å². The van der Waals surface area contributed by atoms with Gasteiger partial charge in [-0.05, 0) is 57.8 Å². The molecule has 0 fully saturated rings. The van der Waals surface area contributed by atoms with Crippen LogP contribution in [0, 0.1) is 10.8 Å². The number of phenols is 2. The number of hydrogen-bond acceptors (Lipinski definition) is 4. The highest BCUT2D eigenvalue weighted by Crippen LogP contribution is 2.43. The highest BCUT2D eigenvalue weighted by molar-refractivity contribution is 5.84. The van der Waals surface area contributed by atoms with Crippen LogP contribution in [0.4, 0.5) is 0 Å². The highest BCUT2D eigenvalue weighted by atomic mass is 16.5. The number of carbonyl (C=O) groups excluding carboxylic acids is 1. The zero-order valence-corrected chi connectivity index (χ0v) is 23.7. The maximum Gasteiger partial charge on any atom is 0.317 e. The van der Waals surface area contributed by atoms with E-state index in [-0.39, 0.29) is 33.2 Å². The number of rotatable bonds is 7. The van der Waals surface area contributed by atoms with Crippen molar-refractivity contribution in [3.63, 3.8) is 0 Å². The molecular formula is C31H46O4. The van der Waals surface area contributed by atoms with E-state index >= 15 is 0 Å². The SMILES string of the molecule is COC(=O)C(c1ccc(C(C)(C)CC(C)(C)C)cc1O)c1cc(C(C)(C)CC(C)(C)C)ccc1O. The van der Waals surface area contributed by atoms with Crippen LogP contribution in [0.15, 0.2) is 36.4 Å². The van der Waals surface area contributed by atoms with E-state index < -0.39 is 11.9 Å². The molecular weight excluding hydrogens is 436 g/mol. The van der Waals surface area contributed by atoms with Crippen molar-refractivity contribution in [2.45, 2.75) is 98.8 Å². The third-order valence-electron chi connectivity index (χ3n) is 6.62. The summed E-state index contributed by atoms with van der Waals surface area (Å²) in [6.45, 7) is 21.9. The molecule has 2 aromatic rings. The normalized spacial score (nSPS) is 14.0. The summed E-state index contributed by atoms with van der Waals surface area (Å²) in [5.74, 6) is -1.43. The highest BCUT2D eigenvalue weighted by Gasteiger charge is 2.34. The number of methoxy groups -OCH3 is 1. The number of hydrogen-bond donors (Lipinski definition) is 2. The lowest BCUT2D eigenvalue weighted by Gasteiger charge is -2.34. The fraction of sp³-hybridized carbons (Fsp3) is 0.581. The predicted molar refractivity (Wildman–Crippen MR) is 144 cm³/mol. The maximum atomic E-state index is 13.0. The predicted octanol–water partition coefficient (Wildman–Crippen LogP) is 7.83. The number of aromatic hydroxyl groups is 2. The van der Waals surface area contributed by atoms with Crippen molar-refractivity contribution in [3.8, 4) is 11.5 Å². The monoisotopic (exact) mass is 482 g/mol. The van der Waals surface area contributed by atoms with Crippen LogP contribution in [-0.4, -0.2) is 23.3 Å². The van der Waals surface area contributed by atoms with Gasteiger partial charge in [0, 0.05) is 11.1 Å². The lowest BCUT2D eigenvalue weighted by Crippen LogP contribution is -2.26. The lowest BCUT2D eigenvalue weighted by molar-refractivity contribution is -0.141. The summed E-state index contributed by atoms with van der Waals surface area (Å²) in [4.78, 5) is 13.0. The van der Waals surface area contributed by atoms with Crippen molar-refractivity contribution in [2.75, 3.05) is 7.11 Å². The van der Waals surface area contributed by atoms with Gasteiger partial charge in [0.05, 0.1) is 7.11 Å². The van der Waals surface area contributed by atoms with Crippen molar-refractivity contribution in [3.05, 3.63) is 58.7 Å². The number of carbonyl (C=O) groups is 1. The van der Waals surface area contributed by atoms with Gasteiger partial charge in [0.15, 0.2) is 0 Å². The second-order valence-electron chi connectivity index (χ2n) is 13.7. The summed E-state index contributed by atoms with van der Waals surface area (Å²) >= 11 is 0. The van der Waals surface area contributed by atoms with Crippen molar-refractivity contribution in [2.24, 2.45) is 10.8 Å². The summed E-state index contributed by atoms with van der Waals surface area (Å²) in [7, 11) is 1.33. The molecule has 0 bridgehead atoms. The fourth-order valence-corrected chi connectivity index (χ4v) is 5.81. The minimum atomic E-state index is -0.940. The number of ether oxygens (including phenoxy) is 1. The zero-order valence-electron chi connectivity index (χ0n) is 23.7. The van der Waals surface area contributed by atoms with Gasteiger partial charge >= 0.3 is 5.97 Å². The summed E-state index contributed by atoms with van der Waals surface area (Å²) < 4.78 is 5.14. The third-order valence-corrected chi connectivity index (χ3v) is 6.62. The second kappa shape index (κ2) is 9.87. The van der Waals surface area contributed by atoms with E-state index in [1.807, 2.05) is 18.2 Å². The minimum absolute atomic E-state index is 0.00671. The Balaban J connectivity index is 2.61. The number of benzene rings is 2. The molecule has 2 N–H and O–H groups in total. The van der Waals surface area contributed by atoms with Crippen LogP contribution in [0.2, 0.25) is 0 Å². The molecule has 1 unspecified atom stereocenters. The Bertz CT molecular complexity index is 1050. The molecule has 0 saturated heterocycles. The molecule has 0 heterocycles. The number of phenolic OH excluding ortho intramolecular Hbond substituents is 2. The molecule has 0 aliphatic carbocycles. The molecule has 0 saturated carbocycles. The van der Waals surface area contributed by atoms with E-state index in [9.17, 15) is 15.0 Å². The lowest BCUT2D eigenvalue weighted by atomic mass is 9.71. The van der Waals surface area contributed by atoms with Gasteiger partial charge in [-0.3, -0.25) is 4.79 Å². The molecule has 35 heavy (non-hydrogen) atoms. The van der Waals surface area contributed by atoms with Crippen LogP contribution in [0.25, 0.3) is 0 Å². The third kappa shape index (κ3) is 7.25. The van der Waals surface area contributed by atoms with Gasteiger partial charge in [0.2, 0.25) is 0 Å². The smallest absolute Gasteiger partial charge is 0.317 e. The second-order valence-corrected chi connectivity index (χ2v) is 13.7. The van der Waals surface area contributed by atoms with Crippen molar-refractivity contribution >= 4 is 5.97 Å². The molecule has 194 valence electrons. The quantitative estimate of drug-likeness (QED) is 0.395. The Morgan fingerprint density at radius 1 is 0.714 bits per heavy atom. The zero-order chi connectivity index (χ0) is 27.0. The van der Waals surface area contributed by atoms with Gasteiger partial charge in [0.1, 0.15) is 17.4 Å². The van der Waals surface area contributed by atoms with Crippen molar-refractivity contribution < 1.29 is 19.7 Å². The molecule has 0 amide bonds. The van der Waals surface area contributed by atoms with E-state index in [4.69, 9.17) is 4.74 Å². The number of esters is 1. The van der Waals surface area contributed by atoms with Gasteiger partial charge in [-0.25, -0.2) is 0 Å². The molecule has 2 aromatic carbocycles. The van der Waals surface area contributed by atoms with Crippen molar-refractivity contribution in [1.29, 1.82) is 0 Å². The van der Waals surface area contributed by atoms with Crippen LogP contribution >= 0.6 is 0 Å². The Labute approximate surface area is 212 Å². The Morgan fingerprint density at radius 2 is 1.17 bits per heavy atom. The first-order valence-corrected chi connectivity index (χ1v) is 12.5. The van der Waals surface area contributed by atoms with Gasteiger partial charge < -0.3 is 14.9 Å². The van der Waals surface area contributed by atoms with Crippen LogP contribution in [0.3, 0.4) is 0 Å². The molecule has 4 heteroatoms. The van der Waals surface area contributed by atoms with Gasteiger partial charge in [0.25, 0.3) is 0 Å². The van der Waals surface area contributed by atoms with E-state index in [2.05, 4.69) is 69.2 Å². The average Bonchev–Trinajstić information content (AvgIpc) is 2.66. The molecule has 1 atom stereocenters. The summed E-state index contributed by atoms with van der Waals surface area (Å²) in [6.07, 6.45) is 1.86. The summed E-state index contributed by atoms with van der Waals surface area (Å²) in [6, 6.07) is 11.0. The molecule has 0 aliphatic rings. The van der Waals surface area contributed by atoms with Crippen LogP contribution in [0.5, 0.6) is 11.5 Å². The molecule has 0 aromatic heterocycles. The van der Waals surface area contributed by atoms with Crippen molar-refractivity contribution in [1.82, 2.24) is 0 Å². The standard InChI is InChI=1S/C31H46O4/c1-28(2,3)18-30(7,8)20-13-15-24(32)23(16-20)26(27(34)35-11)22-14-12-21(17-25(22)33)31(9,10)19-29(4,5)6/h12-17,26,32-33H,18-19H2,1-11H3. The van der Waals surface area contributed by atoms with Crippen LogP contribution in [0.1, 0.15) is 110 Å². The largest absolute Gasteiger partial charge is 0.508 e. The maximum absolute atomic E-state index is 13.0. The molecule has 0 radical (unpaired) electrons. The summed E-state index contributed by atoms with van der Waals surface area (Å²) in [5.41, 5.74) is 2.79. The first kappa shape index (κ1) is 28.7.